The predicted molar refractivity (Wildman–Crippen MR) is 121 cm³/mol. The largest absolute Gasteiger partial charge is 0.364 e. The molecule has 2 aromatic heterocycles. The number of nitrogens with one attached hydrogen (secondary N) is 2. The molecule has 0 saturated carbocycles. The molecule has 4 N–H and O–H groups in total. The van der Waals surface area contributed by atoms with Crippen LogP contribution in [-0.2, 0) is 25.3 Å². The maximum Gasteiger partial charge on any atom is 0.324 e. The molecule has 0 aliphatic rings. The second-order valence-corrected chi connectivity index (χ2v) is 8.60. The number of carbonyl (C=O) groups excluding carboxylic acids is 2. The Kier molecular flexibility index (Phi) is 6.57. The molecule has 0 saturated heterocycles. The highest BCUT2D eigenvalue weighted by Crippen LogP contribution is 2.24. The van der Waals surface area contributed by atoms with Crippen LogP contribution >= 0.6 is 0 Å². The summed E-state index contributed by atoms with van der Waals surface area (Å²) in [7, 11) is 1.73. The highest BCUT2D eigenvalue weighted by Gasteiger charge is 2.20. The Morgan fingerprint density at radius 2 is 1.75 bits per heavy atom. The first-order valence-corrected chi connectivity index (χ1v) is 10.2. The van der Waals surface area contributed by atoms with Crippen LogP contribution in [0.15, 0.2) is 42.6 Å². The summed E-state index contributed by atoms with van der Waals surface area (Å²) in [6, 6.07) is 9.30. The van der Waals surface area contributed by atoms with E-state index < -0.39 is 17.8 Å². The number of aryl methyl sites for hydroxylation is 3. The number of nitrogens with zero attached hydrogens (tertiary/aromatic N) is 3. The molecule has 0 atom stereocenters. The quantitative estimate of drug-likeness (QED) is 0.543. The topological polar surface area (TPSA) is 115 Å². The van der Waals surface area contributed by atoms with Crippen LogP contribution in [0.25, 0.3) is 0 Å². The molecule has 1 aromatic carbocycles. The third-order valence-corrected chi connectivity index (χ3v) is 4.95. The van der Waals surface area contributed by atoms with Crippen LogP contribution in [0.5, 0.6) is 0 Å². The van der Waals surface area contributed by atoms with Gasteiger partial charge in [-0.3, -0.25) is 19.8 Å². The molecule has 32 heavy (non-hydrogen) atoms. The van der Waals surface area contributed by atoms with E-state index in [1.807, 2.05) is 20.8 Å². The van der Waals surface area contributed by atoms with Crippen LogP contribution in [0, 0.1) is 5.82 Å². The van der Waals surface area contributed by atoms with E-state index >= 15 is 0 Å². The van der Waals surface area contributed by atoms with Gasteiger partial charge in [0, 0.05) is 24.7 Å². The third-order valence-electron chi connectivity index (χ3n) is 4.95. The maximum atomic E-state index is 14.6. The zero-order valence-corrected chi connectivity index (χ0v) is 18.6. The zero-order chi connectivity index (χ0) is 23.5. The molecule has 0 spiro atoms. The van der Waals surface area contributed by atoms with Crippen molar-refractivity contribution in [2.75, 3.05) is 10.6 Å². The Bertz CT molecular complexity index is 1150. The number of carbonyl (C=O) groups is 2. The molecule has 0 aliphatic heterocycles. The van der Waals surface area contributed by atoms with Gasteiger partial charge in [-0.05, 0) is 48.2 Å². The van der Waals surface area contributed by atoms with Gasteiger partial charge in [-0.15, -0.1) is 0 Å². The molecule has 3 aromatic rings. The predicted octanol–water partition coefficient (Wildman–Crippen LogP) is 3.78. The fourth-order valence-electron chi connectivity index (χ4n) is 3.09. The van der Waals surface area contributed by atoms with Gasteiger partial charge in [0.05, 0.1) is 11.4 Å². The van der Waals surface area contributed by atoms with Crippen molar-refractivity contribution in [2.24, 2.45) is 12.8 Å². The van der Waals surface area contributed by atoms with Crippen LogP contribution in [0.3, 0.4) is 0 Å². The SMILES string of the molecule is Cn1nc(C(C)(C)C)cc1NC(=O)Nc1ccc(CCc2ccnc(C(N)=O)c2)cc1F. The van der Waals surface area contributed by atoms with Crippen LogP contribution in [-0.4, -0.2) is 26.7 Å². The van der Waals surface area contributed by atoms with E-state index in [2.05, 4.69) is 20.7 Å². The number of halogens is 1. The first kappa shape index (κ1) is 22.9. The smallest absolute Gasteiger partial charge is 0.324 e. The summed E-state index contributed by atoms with van der Waals surface area (Å²) in [4.78, 5) is 27.5. The highest BCUT2D eigenvalue weighted by molar-refractivity contribution is 5.99. The number of pyridine rings is 1. The number of primary amides is 1. The lowest BCUT2D eigenvalue weighted by Gasteiger charge is -2.13. The summed E-state index contributed by atoms with van der Waals surface area (Å²) in [5.74, 6) is -0.616. The van der Waals surface area contributed by atoms with Crippen molar-refractivity contribution >= 4 is 23.4 Å². The van der Waals surface area contributed by atoms with Gasteiger partial charge in [0.15, 0.2) is 0 Å². The van der Waals surface area contributed by atoms with Gasteiger partial charge in [-0.25, -0.2) is 9.18 Å². The summed E-state index contributed by atoms with van der Waals surface area (Å²) in [6.07, 6.45) is 2.66. The monoisotopic (exact) mass is 438 g/mol. The van der Waals surface area contributed by atoms with Gasteiger partial charge < -0.3 is 11.1 Å². The molecule has 0 aliphatic carbocycles. The molecule has 2 heterocycles. The fraction of sp³-hybridized carbons (Fsp3) is 0.304. The Morgan fingerprint density at radius 3 is 2.34 bits per heavy atom. The van der Waals surface area contributed by atoms with Crippen molar-refractivity contribution in [1.29, 1.82) is 0 Å². The van der Waals surface area contributed by atoms with Crippen molar-refractivity contribution < 1.29 is 14.0 Å². The van der Waals surface area contributed by atoms with E-state index in [1.54, 1.807) is 36.0 Å². The summed E-state index contributed by atoms with van der Waals surface area (Å²) in [5.41, 5.74) is 7.83. The Morgan fingerprint density at radius 1 is 1.06 bits per heavy atom. The van der Waals surface area contributed by atoms with Crippen molar-refractivity contribution in [2.45, 2.75) is 39.0 Å². The highest BCUT2D eigenvalue weighted by atomic mass is 19.1. The number of aromatic nitrogens is 3. The second kappa shape index (κ2) is 9.17. The maximum absolute atomic E-state index is 14.6. The standard InChI is InChI=1S/C23H27FN6O2/c1-23(2,3)19-13-20(30(4)29-19)28-22(32)27-17-8-7-14(11-16(17)24)5-6-15-9-10-26-18(12-15)21(25)31/h7-13H,5-6H2,1-4H3,(H2,25,31)(H2,27,28,32). The van der Waals surface area contributed by atoms with Gasteiger partial charge in [0.2, 0.25) is 0 Å². The lowest BCUT2D eigenvalue weighted by molar-refractivity contribution is 0.0995. The minimum absolute atomic E-state index is 0.0735. The van der Waals surface area contributed by atoms with Gasteiger partial charge in [-0.2, -0.15) is 5.10 Å². The summed E-state index contributed by atoms with van der Waals surface area (Å²) < 4.78 is 16.1. The number of nitrogens with two attached hydrogens (primary N) is 1. The summed E-state index contributed by atoms with van der Waals surface area (Å²) in [5, 5.41) is 9.63. The molecule has 0 fully saturated rings. The van der Waals surface area contributed by atoms with Crippen molar-refractivity contribution in [3.63, 3.8) is 0 Å². The Hall–Kier alpha value is -3.75. The number of hydrogen-bond donors (Lipinski definition) is 3. The lowest BCUT2D eigenvalue weighted by Crippen LogP contribution is -2.21. The average molecular weight is 439 g/mol. The van der Waals surface area contributed by atoms with Crippen LogP contribution in [0.4, 0.5) is 20.7 Å². The number of rotatable bonds is 6. The van der Waals surface area contributed by atoms with E-state index in [1.165, 1.54) is 18.3 Å². The van der Waals surface area contributed by atoms with Crippen LogP contribution < -0.4 is 16.4 Å². The van der Waals surface area contributed by atoms with Gasteiger partial charge >= 0.3 is 6.03 Å². The Labute approximate surface area is 186 Å². The van der Waals surface area contributed by atoms with Crippen molar-refractivity contribution in [1.82, 2.24) is 14.8 Å². The number of amides is 3. The van der Waals surface area contributed by atoms with Gasteiger partial charge in [-0.1, -0.05) is 26.8 Å². The fourth-order valence-corrected chi connectivity index (χ4v) is 3.09. The summed E-state index contributed by atoms with van der Waals surface area (Å²) >= 11 is 0. The van der Waals surface area contributed by atoms with Crippen LogP contribution in [0.2, 0.25) is 0 Å². The molecule has 0 radical (unpaired) electrons. The molecule has 0 unspecified atom stereocenters. The number of anilines is 2. The number of hydrogen-bond acceptors (Lipinski definition) is 4. The minimum atomic E-state index is -0.590. The minimum Gasteiger partial charge on any atom is -0.364 e. The molecule has 0 bridgehead atoms. The van der Waals surface area contributed by atoms with Crippen molar-refractivity contribution in [3.05, 3.63) is 70.9 Å². The van der Waals surface area contributed by atoms with Gasteiger partial charge in [0.25, 0.3) is 5.91 Å². The first-order valence-electron chi connectivity index (χ1n) is 10.2. The van der Waals surface area contributed by atoms with E-state index in [-0.39, 0.29) is 16.8 Å². The summed E-state index contributed by atoms with van der Waals surface area (Å²) in [6.45, 7) is 6.09. The molecular weight excluding hydrogens is 411 g/mol. The molecule has 3 amide bonds. The average Bonchev–Trinajstić information content (AvgIpc) is 3.09. The van der Waals surface area contributed by atoms with Gasteiger partial charge in [0.1, 0.15) is 17.3 Å². The number of benzene rings is 1. The zero-order valence-electron chi connectivity index (χ0n) is 18.6. The molecular formula is C23H27FN6O2. The van der Waals surface area contributed by atoms with E-state index in [0.717, 1.165) is 16.8 Å². The normalized spacial score (nSPS) is 11.3. The molecule has 3 rings (SSSR count). The molecule has 8 nitrogen and oxygen atoms in total. The van der Waals surface area contributed by atoms with E-state index in [4.69, 9.17) is 5.73 Å². The Balaban J connectivity index is 1.62. The van der Waals surface area contributed by atoms with Crippen LogP contribution in [0.1, 0.15) is 48.1 Å². The second-order valence-electron chi connectivity index (χ2n) is 8.60. The molecule has 168 valence electrons. The molecule has 9 heteroatoms. The first-order chi connectivity index (χ1) is 15.0. The third kappa shape index (κ3) is 5.69. The van der Waals surface area contributed by atoms with E-state index in [9.17, 15) is 14.0 Å². The number of urea groups is 1. The van der Waals surface area contributed by atoms with E-state index in [0.29, 0.717) is 18.7 Å². The lowest BCUT2D eigenvalue weighted by atomic mass is 9.92. The van der Waals surface area contributed by atoms with Crippen molar-refractivity contribution in [3.8, 4) is 0 Å².